The highest BCUT2D eigenvalue weighted by Gasteiger charge is 2.44. The van der Waals surface area contributed by atoms with Gasteiger partial charge in [-0.2, -0.15) is 0 Å². The van der Waals surface area contributed by atoms with Gasteiger partial charge in [-0.1, -0.05) is 30.3 Å². The van der Waals surface area contributed by atoms with Gasteiger partial charge in [0.05, 0.1) is 6.10 Å². The summed E-state index contributed by atoms with van der Waals surface area (Å²) in [4.78, 5) is 0. The smallest absolute Gasteiger partial charge is 0.150 e. The molecule has 2 aliphatic heterocycles. The van der Waals surface area contributed by atoms with Gasteiger partial charge in [0, 0.05) is 41.2 Å². The number of ether oxygens (including phenoxy) is 2. The molecular formula is C30H26O9. The molecule has 7 N–H and O–H groups in total. The molecule has 0 amide bonds. The minimum atomic E-state index is -1.27. The average molecular weight is 531 g/mol. The zero-order valence-corrected chi connectivity index (χ0v) is 20.5. The standard InChI is InChI=1S/C30H26O9/c31-16-5-1-14(2-6-16)28-23(36)12-20-21(34)13-22(35)26(30(20)39-28)25-19-10-9-18(33)11-24(19)38-29(27(25)37)15-3-7-17(32)8-4-15/h1-11,13,23,25,27-29,31-37H,12H2/t23-,25+,27-,28-,29+/m0/s1. The molecule has 0 aliphatic carbocycles. The van der Waals surface area contributed by atoms with Crippen LogP contribution in [0.3, 0.4) is 0 Å². The molecule has 0 aromatic heterocycles. The first-order valence-corrected chi connectivity index (χ1v) is 12.4. The minimum Gasteiger partial charge on any atom is -0.508 e. The fourth-order valence-electron chi connectivity index (χ4n) is 5.50. The summed E-state index contributed by atoms with van der Waals surface area (Å²) in [6.45, 7) is 0. The maximum atomic E-state index is 11.7. The predicted octanol–water partition coefficient (Wildman–Crippen LogP) is 3.88. The molecular weight excluding hydrogens is 504 g/mol. The van der Waals surface area contributed by atoms with E-state index in [9.17, 15) is 35.7 Å². The third-order valence-electron chi connectivity index (χ3n) is 7.38. The zero-order chi connectivity index (χ0) is 27.4. The van der Waals surface area contributed by atoms with Crippen LogP contribution < -0.4 is 9.47 Å². The Labute approximate surface area is 223 Å². The van der Waals surface area contributed by atoms with Crippen molar-refractivity contribution in [1.82, 2.24) is 0 Å². The number of phenols is 5. The first-order chi connectivity index (χ1) is 18.7. The highest BCUT2D eigenvalue weighted by atomic mass is 16.5. The van der Waals surface area contributed by atoms with E-state index in [1.165, 1.54) is 36.4 Å². The van der Waals surface area contributed by atoms with E-state index in [1.54, 1.807) is 30.3 Å². The molecule has 2 aliphatic rings. The van der Waals surface area contributed by atoms with Gasteiger partial charge >= 0.3 is 0 Å². The van der Waals surface area contributed by atoms with Crippen LogP contribution in [0, 0.1) is 0 Å². The highest BCUT2D eigenvalue weighted by molar-refractivity contribution is 5.63. The summed E-state index contributed by atoms with van der Waals surface area (Å²) in [6, 6.07) is 17.9. The van der Waals surface area contributed by atoms with Crippen LogP contribution in [-0.4, -0.2) is 48.0 Å². The van der Waals surface area contributed by atoms with Crippen molar-refractivity contribution < 1.29 is 45.2 Å². The van der Waals surface area contributed by atoms with Gasteiger partial charge in [0.25, 0.3) is 0 Å². The molecule has 0 fully saturated rings. The summed E-state index contributed by atoms with van der Waals surface area (Å²) < 4.78 is 12.4. The van der Waals surface area contributed by atoms with Crippen LogP contribution in [-0.2, 0) is 6.42 Å². The fraction of sp³-hybridized carbons (Fsp3) is 0.200. The highest BCUT2D eigenvalue weighted by Crippen LogP contribution is 2.55. The van der Waals surface area contributed by atoms with Gasteiger partial charge in [-0.15, -0.1) is 0 Å². The average Bonchev–Trinajstić information content (AvgIpc) is 2.91. The lowest BCUT2D eigenvalue weighted by atomic mass is 9.78. The fourth-order valence-corrected chi connectivity index (χ4v) is 5.50. The lowest BCUT2D eigenvalue weighted by Crippen LogP contribution is -2.36. The van der Waals surface area contributed by atoms with E-state index in [0.29, 0.717) is 16.7 Å². The van der Waals surface area contributed by atoms with Crippen LogP contribution >= 0.6 is 0 Å². The van der Waals surface area contributed by atoms with E-state index in [4.69, 9.17) is 9.47 Å². The quantitative estimate of drug-likeness (QED) is 0.209. The molecule has 9 heteroatoms. The monoisotopic (exact) mass is 530 g/mol. The molecule has 9 nitrogen and oxygen atoms in total. The number of fused-ring (bicyclic) bond motifs is 2. The largest absolute Gasteiger partial charge is 0.508 e. The second kappa shape index (κ2) is 9.30. The number of phenolic OH excluding ortho intramolecular Hbond substituents is 5. The zero-order valence-electron chi connectivity index (χ0n) is 20.5. The number of hydrogen-bond donors (Lipinski definition) is 7. The van der Waals surface area contributed by atoms with Gasteiger partial charge in [-0.25, -0.2) is 0 Å². The molecule has 39 heavy (non-hydrogen) atoms. The molecule has 200 valence electrons. The SMILES string of the molecule is Oc1ccc([C@H]2Oc3cc(O)ccc3[C@H](c3c(O)cc(O)c4c3O[C@@H](c3ccc(O)cc3)[C@@H](O)C4)[C@@H]2O)cc1. The van der Waals surface area contributed by atoms with Crippen LogP contribution in [0.2, 0.25) is 0 Å². The van der Waals surface area contributed by atoms with Crippen molar-refractivity contribution in [3.8, 4) is 40.2 Å². The third kappa shape index (κ3) is 4.21. The normalized spacial score (nSPS) is 23.7. The van der Waals surface area contributed by atoms with E-state index in [1.807, 2.05) is 0 Å². The summed E-state index contributed by atoms with van der Waals surface area (Å²) in [5, 5.41) is 74.1. The van der Waals surface area contributed by atoms with Gasteiger partial charge in [-0.3, -0.25) is 0 Å². The van der Waals surface area contributed by atoms with Crippen LogP contribution in [0.25, 0.3) is 0 Å². The van der Waals surface area contributed by atoms with Crippen LogP contribution in [0.5, 0.6) is 40.2 Å². The number of aromatic hydroxyl groups is 5. The molecule has 5 atom stereocenters. The molecule has 2 heterocycles. The number of rotatable bonds is 3. The Hall–Kier alpha value is -4.60. The lowest BCUT2D eigenvalue weighted by molar-refractivity contribution is 0.00194. The first kappa shape index (κ1) is 24.7. The van der Waals surface area contributed by atoms with Crippen molar-refractivity contribution >= 4 is 0 Å². The molecule has 4 aromatic rings. The molecule has 4 aromatic carbocycles. The van der Waals surface area contributed by atoms with E-state index >= 15 is 0 Å². The van der Waals surface area contributed by atoms with Gasteiger partial charge in [0.15, 0.2) is 6.10 Å². The summed E-state index contributed by atoms with van der Waals surface area (Å²) in [5.74, 6) is -1.11. The number of aliphatic hydroxyl groups is 2. The second-order valence-corrected chi connectivity index (χ2v) is 9.86. The summed E-state index contributed by atoms with van der Waals surface area (Å²) in [5.41, 5.74) is 2.04. The van der Waals surface area contributed by atoms with Gasteiger partial charge in [0.2, 0.25) is 0 Å². The maximum absolute atomic E-state index is 11.7. The number of aliphatic hydroxyl groups excluding tert-OH is 2. The Balaban J connectivity index is 1.52. The lowest BCUT2D eigenvalue weighted by Gasteiger charge is -2.40. The van der Waals surface area contributed by atoms with Gasteiger partial charge in [-0.05, 0) is 41.5 Å². The van der Waals surface area contributed by atoms with Crippen LogP contribution in [0.1, 0.15) is 45.9 Å². The molecule has 0 saturated heterocycles. The van der Waals surface area contributed by atoms with Crippen LogP contribution in [0.4, 0.5) is 0 Å². The number of benzene rings is 4. The minimum absolute atomic E-state index is 0.00311. The van der Waals surface area contributed by atoms with E-state index < -0.39 is 30.3 Å². The van der Waals surface area contributed by atoms with Crippen molar-refractivity contribution in [2.45, 2.75) is 36.8 Å². The van der Waals surface area contributed by atoms with Crippen molar-refractivity contribution in [1.29, 1.82) is 0 Å². The topological polar surface area (TPSA) is 160 Å². The molecule has 0 saturated carbocycles. The Morgan fingerprint density at radius 2 is 1.21 bits per heavy atom. The third-order valence-corrected chi connectivity index (χ3v) is 7.38. The molecule has 0 spiro atoms. The van der Waals surface area contributed by atoms with Crippen molar-refractivity contribution in [2.75, 3.05) is 0 Å². The first-order valence-electron chi connectivity index (χ1n) is 12.4. The van der Waals surface area contributed by atoms with Gasteiger partial charge < -0.3 is 45.2 Å². The molecule has 0 unspecified atom stereocenters. The Kier molecular flexibility index (Phi) is 5.90. The van der Waals surface area contributed by atoms with Crippen molar-refractivity contribution in [3.63, 3.8) is 0 Å². The summed E-state index contributed by atoms with van der Waals surface area (Å²) in [6.07, 6.45) is -4.14. The van der Waals surface area contributed by atoms with Crippen LogP contribution in [0.15, 0.2) is 72.8 Å². The Morgan fingerprint density at radius 3 is 1.85 bits per heavy atom. The predicted molar refractivity (Wildman–Crippen MR) is 138 cm³/mol. The Bertz CT molecular complexity index is 1530. The van der Waals surface area contributed by atoms with E-state index in [0.717, 1.165) is 6.07 Å². The molecule has 0 radical (unpaired) electrons. The summed E-state index contributed by atoms with van der Waals surface area (Å²) >= 11 is 0. The molecule has 6 rings (SSSR count). The van der Waals surface area contributed by atoms with Crippen molar-refractivity contribution in [3.05, 3.63) is 101 Å². The van der Waals surface area contributed by atoms with E-state index in [-0.39, 0.29) is 57.8 Å². The van der Waals surface area contributed by atoms with Crippen molar-refractivity contribution in [2.24, 2.45) is 0 Å². The maximum Gasteiger partial charge on any atom is 0.150 e. The van der Waals surface area contributed by atoms with E-state index in [2.05, 4.69) is 0 Å². The Morgan fingerprint density at radius 1 is 0.615 bits per heavy atom. The summed E-state index contributed by atoms with van der Waals surface area (Å²) in [7, 11) is 0. The molecule has 0 bridgehead atoms. The second-order valence-electron chi connectivity index (χ2n) is 9.86. The van der Waals surface area contributed by atoms with Gasteiger partial charge in [0.1, 0.15) is 52.5 Å². The number of hydrogen-bond acceptors (Lipinski definition) is 9.